The largest absolute Gasteiger partial charge is 0.497 e. The molecular formula is C20H24N2O5S. The summed E-state index contributed by atoms with van der Waals surface area (Å²) >= 11 is 0. The maximum Gasteiger partial charge on any atom is 0.240 e. The van der Waals surface area contributed by atoms with Gasteiger partial charge >= 0.3 is 0 Å². The van der Waals surface area contributed by atoms with Gasteiger partial charge in [0, 0.05) is 18.5 Å². The van der Waals surface area contributed by atoms with Crippen LogP contribution < -0.4 is 19.5 Å². The summed E-state index contributed by atoms with van der Waals surface area (Å²) in [5, 5.41) is 2.82. The minimum absolute atomic E-state index is 0.0713. The van der Waals surface area contributed by atoms with Crippen LogP contribution in [0.1, 0.15) is 24.8 Å². The number of sulfonamides is 1. The van der Waals surface area contributed by atoms with Crippen molar-refractivity contribution in [3.8, 4) is 11.5 Å². The second kappa shape index (κ2) is 8.62. The fraction of sp³-hybridized carbons (Fsp3) is 0.350. The van der Waals surface area contributed by atoms with E-state index in [0.717, 1.165) is 18.4 Å². The number of methoxy groups -OCH3 is 2. The molecule has 1 fully saturated rings. The summed E-state index contributed by atoms with van der Waals surface area (Å²) in [5.74, 6) is 0.998. The molecule has 3 rings (SSSR count). The Bertz CT molecular complexity index is 938. The van der Waals surface area contributed by atoms with Crippen molar-refractivity contribution >= 4 is 21.6 Å². The van der Waals surface area contributed by atoms with Crippen molar-refractivity contribution in [2.45, 2.75) is 36.6 Å². The molecule has 2 N–H and O–H groups in total. The number of aryl methyl sites for hydroxylation is 1. The van der Waals surface area contributed by atoms with E-state index < -0.39 is 10.0 Å². The molecule has 8 heteroatoms. The van der Waals surface area contributed by atoms with Crippen molar-refractivity contribution in [1.29, 1.82) is 0 Å². The van der Waals surface area contributed by atoms with Crippen molar-refractivity contribution in [3.63, 3.8) is 0 Å². The van der Waals surface area contributed by atoms with E-state index in [9.17, 15) is 13.2 Å². The lowest BCUT2D eigenvalue weighted by atomic mass is 10.1. The monoisotopic (exact) mass is 404 g/mol. The molecule has 0 saturated heterocycles. The summed E-state index contributed by atoms with van der Waals surface area (Å²) in [5.41, 5.74) is 1.43. The summed E-state index contributed by atoms with van der Waals surface area (Å²) in [7, 11) is -0.369. The van der Waals surface area contributed by atoms with Crippen LogP contribution in [-0.2, 0) is 21.2 Å². The number of carbonyl (C=O) groups excluding carboxylic acids is 1. The number of rotatable bonds is 9. The standard InChI is InChI=1S/C20H24N2O5S/c1-26-16-8-11-19(27-2)18(13-16)21-20(23)12-5-14-3-9-17(10-4-14)28(24,25)22-15-6-7-15/h3-4,8-11,13,15,22H,5-7,12H2,1-2H3,(H,21,23). The van der Waals surface area contributed by atoms with E-state index in [4.69, 9.17) is 9.47 Å². The third-order valence-corrected chi connectivity index (χ3v) is 5.99. The third kappa shape index (κ3) is 5.24. The first-order valence-corrected chi connectivity index (χ1v) is 10.5. The lowest BCUT2D eigenvalue weighted by Crippen LogP contribution is -2.25. The Morgan fingerprint density at radius 1 is 1.07 bits per heavy atom. The highest BCUT2D eigenvalue weighted by Crippen LogP contribution is 2.29. The maximum atomic E-state index is 12.3. The minimum Gasteiger partial charge on any atom is -0.497 e. The molecule has 0 aliphatic heterocycles. The van der Waals surface area contributed by atoms with Crippen LogP contribution in [-0.4, -0.2) is 34.6 Å². The van der Waals surface area contributed by atoms with Crippen LogP contribution in [0.5, 0.6) is 11.5 Å². The molecule has 0 spiro atoms. The number of nitrogens with one attached hydrogen (secondary N) is 2. The SMILES string of the molecule is COc1ccc(OC)c(NC(=O)CCc2ccc(S(=O)(=O)NC3CC3)cc2)c1. The van der Waals surface area contributed by atoms with Gasteiger partial charge in [-0.2, -0.15) is 0 Å². The number of hydrogen-bond acceptors (Lipinski definition) is 5. The Hall–Kier alpha value is -2.58. The number of amides is 1. The number of ether oxygens (including phenoxy) is 2. The van der Waals surface area contributed by atoms with Gasteiger partial charge in [0.15, 0.2) is 0 Å². The van der Waals surface area contributed by atoms with Crippen molar-refractivity contribution in [2.24, 2.45) is 0 Å². The Kier molecular flexibility index (Phi) is 6.21. The van der Waals surface area contributed by atoms with Gasteiger partial charge in [-0.05, 0) is 49.1 Å². The molecule has 0 heterocycles. The summed E-state index contributed by atoms with van der Waals surface area (Å²) in [6, 6.07) is 11.9. The predicted octanol–water partition coefficient (Wildman–Crippen LogP) is 2.72. The smallest absolute Gasteiger partial charge is 0.240 e. The van der Waals surface area contributed by atoms with E-state index in [0.29, 0.717) is 23.6 Å². The average molecular weight is 404 g/mol. The minimum atomic E-state index is -3.46. The van der Waals surface area contributed by atoms with E-state index in [1.54, 1.807) is 49.6 Å². The van der Waals surface area contributed by atoms with Gasteiger partial charge in [0.05, 0.1) is 24.8 Å². The van der Waals surface area contributed by atoms with Crippen LogP contribution in [0.4, 0.5) is 5.69 Å². The molecule has 0 aromatic heterocycles. The average Bonchev–Trinajstić information content (AvgIpc) is 3.50. The zero-order chi connectivity index (χ0) is 20.1. The lowest BCUT2D eigenvalue weighted by Gasteiger charge is -2.12. The molecule has 150 valence electrons. The quantitative estimate of drug-likeness (QED) is 0.670. The molecule has 0 atom stereocenters. The predicted molar refractivity (Wildman–Crippen MR) is 106 cm³/mol. The Morgan fingerprint density at radius 2 is 1.79 bits per heavy atom. The van der Waals surface area contributed by atoms with Gasteiger partial charge in [-0.3, -0.25) is 4.79 Å². The highest BCUT2D eigenvalue weighted by atomic mass is 32.2. The van der Waals surface area contributed by atoms with Crippen LogP contribution >= 0.6 is 0 Å². The molecule has 1 aliphatic rings. The van der Waals surface area contributed by atoms with Crippen molar-refractivity contribution in [1.82, 2.24) is 4.72 Å². The first-order chi connectivity index (χ1) is 13.4. The van der Waals surface area contributed by atoms with Gasteiger partial charge in [0.1, 0.15) is 11.5 Å². The van der Waals surface area contributed by atoms with Gasteiger partial charge in [0.25, 0.3) is 0 Å². The van der Waals surface area contributed by atoms with Crippen LogP contribution in [0.25, 0.3) is 0 Å². The molecule has 1 saturated carbocycles. The van der Waals surface area contributed by atoms with Crippen LogP contribution in [0.2, 0.25) is 0 Å². The molecule has 28 heavy (non-hydrogen) atoms. The number of hydrogen-bond donors (Lipinski definition) is 2. The van der Waals surface area contributed by atoms with E-state index in [-0.39, 0.29) is 23.3 Å². The topological polar surface area (TPSA) is 93.7 Å². The van der Waals surface area contributed by atoms with Gasteiger partial charge in [0.2, 0.25) is 15.9 Å². The van der Waals surface area contributed by atoms with Crippen molar-refractivity contribution in [3.05, 3.63) is 48.0 Å². The number of anilines is 1. The normalized spacial score (nSPS) is 13.8. The number of benzene rings is 2. The van der Waals surface area contributed by atoms with Crippen LogP contribution in [0.15, 0.2) is 47.4 Å². The van der Waals surface area contributed by atoms with Gasteiger partial charge < -0.3 is 14.8 Å². The molecule has 2 aromatic rings. The fourth-order valence-corrected chi connectivity index (χ4v) is 4.01. The zero-order valence-corrected chi connectivity index (χ0v) is 16.7. The van der Waals surface area contributed by atoms with Crippen LogP contribution in [0.3, 0.4) is 0 Å². The lowest BCUT2D eigenvalue weighted by molar-refractivity contribution is -0.116. The first kappa shape index (κ1) is 20.2. The molecule has 0 bridgehead atoms. The molecule has 1 amide bonds. The fourth-order valence-electron chi connectivity index (χ4n) is 2.71. The third-order valence-electron chi connectivity index (χ3n) is 4.45. The number of carbonyl (C=O) groups is 1. The Labute approximate surface area is 165 Å². The van der Waals surface area contributed by atoms with E-state index in [1.165, 1.54) is 7.11 Å². The zero-order valence-electron chi connectivity index (χ0n) is 15.9. The molecule has 0 radical (unpaired) electrons. The highest BCUT2D eigenvalue weighted by Gasteiger charge is 2.27. The molecule has 1 aliphatic carbocycles. The highest BCUT2D eigenvalue weighted by molar-refractivity contribution is 7.89. The van der Waals surface area contributed by atoms with Gasteiger partial charge in [-0.15, -0.1) is 0 Å². The second-order valence-corrected chi connectivity index (χ2v) is 8.37. The summed E-state index contributed by atoms with van der Waals surface area (Å²) in [4.78, 5) is 12.5. The maximum absolute atomic E-state index is 12.3. The van der Waals surface area contributed by atoms with E-state index >= 15 is 0 Å². The summed E-state index contributed by atoms with van der Waals surface area (Å²) in [6.45, 7) is 0. The Morgan fingerprint density at radius 3 is 2.39 bits per heavy atom. The van der Waals surface area contributed by atoms with Gasteiger partial charge in [-0.25, -0.2) is 13.1 Å². The summed E-state index contributed by atoms with van der Waals surface area (Å²) in [6.07, 6.45) is 2.54. The van der Waals surface area contributed by atoms with Gasteiger partial charge in [-0.1, -0.05) is 12.1 Å². The molecule has 2 aromatic carbocycles. The van der Waals surface area contributed by atoms with Crippen molar-refractivity contribution in [2.75, 3.05) is 19.5 Å². The molecule has 7 nitrogen and oxygen atoms in total. The van der Waals surface area contributed by atoms with Crippen molar-refractivity contribution < 1.29 is 22.7 Å². The Balaban J connectivity index is 1.57. The first-order valence-electron chi connectivity index (χ1n) is 9.04. The van der Waals surface area contributed by atoms with E-state index in [1.807, 2.05) is 0 Å². The van der Waals surface area contributed by atoms with Crippen LogP contribution in [0, 0.1) is 0 Å². The second-order valence-electron chi connectivity index (χ2n) is 6.65. The molecule has 0 unspecified atom stereocenters. The van der Waals surface area contributed by atoms with E-state index in [2.05, 4.69) is 10.0 Å². The molecular weight excluding hydrogens is 380 g/mol. The summed E-state index contributed by atoms with van der Waals surface area (Å²) < 4.78 is 37.4.